The molecule has 1 atom stereocenters. The second-order valence-electron chi connectivity index (χ2n) is 3.44. The number of hydrogen-bond acceptors (Lipinski definition) is 3. The molecule has 0 aliphatic rings. The van der Waals surface area contributed by atoms with Crippen LogP contribution in [0, 0.1) is 5.92 Å². The zero-order valence-corrected chi connectivity index (χ0v) is 10.2. The predicted molar refractivity (Wildman–Crippen MR) is 61.8 cm³/mol. The first kappa shape index (κ1) is 16.6. The van der Waals surface area contributed by atoms with Crippen LogP contribution in [0.3, 0.4) is 0 Å². The minimum atomic E-state index is -0.551. The molecule has 5 nitrogen and oxygen atoms in total. The van der Waals surface area contributed by atoms with E-state index in [2.05, 4.69) is 10.6 Å². The van der Waals surface area contributed by atoms with E-state index < -0.39 is 6.04 Å². The van der Waals surface area contributed by atoms with Crippen molar-refractivity contribution in [3.8, 4) is 0 Å². The van der Waals surface area contributed by atoms with Crippen molar-refractivity contribution in [2.24, 2.45) is 11.7 Å². The fourth-order valence-electron chi connectivity index (χ4n) is 0.848. The molecule has 15 heavy (non-hydrogen) atoms. The lowest BCUT2D eigenvalue weighted by Gasteiger charge is -2.14. The van der Waals surface area contributed by atoms with Gasteiger partial charge in [-0.15, -0.1) is 12.4 Å². The molecule has 0 spiro atoms. The van der Waals surface area contributed by atoms with Crippen molar-refractivity contribution in [1.29, 1.82) is 0 Å². The molecule has 4 N–H and O–H groups in total. The van der Waals surface area contributed by atoms with Gasteiger partial charge in [0, 0.05) is 6.54 Å². The molecule has 0 aromatic carbocycles. The van der Waals surface area contributed by atoms with Gasteiger partial charge in [0.25, 0.3) is 0 Å². The maximum absolute atomic E-state index is 11.3. The minimum Gasteiger partial charge on any atom is -0.355 e. The Balaban J connectivity index is 0. The Morgan fingerprint density at radius 2 is 1.80 bits per heavy atom. The first-order chi connectivity index (χ1) is 6.49. The number of nitrogens with one attached hydrogen (secondary N) is 2. The lowest BCUT2D eigenvalue weighted by atomic mass is 10.1. The molecule has 0 aromatic rings. The molecule has 0 aliphatic carbocycles. The number of likely N-dealkylation sites (N-methyl/N-ethyl adjacent to an activating group) is 1. The van der Waals surface area contributed by atoms with E-state index in [1.807, 2.05) is 20.8 Å². The fourth-order valence-corrected chi connectivity index (χ4v) is 0.848. The molecule has 0 fully saturated rings. The highest BCUT2D eigenvalue weighted by atomic mass is 35.5. The van der Waals surface area contributed by atoms with Gasteiger partial charge < -0.3 is 16.4 Å². The van der Waals surface area contributed by atoms with E-state index in [-0.39, 0.29) is 36.7 Å². The summed E-state index contributed by atoms with van der Waals surface area (Å²) in [5.41, 5.74) is 5.58. The number of nitrogens with two attached hydrogens (primary N) is 1. The van der Waals surface area contributed by atoms with Gasteiger partial charge in [-0.1, -0.05) is 13.8 Å². The van der Waals surface area contributed by atoms with Crippen LogP contribution in [-0.2, 0) is 9.59 Å². The van der Waals surface area contributed by atoms with E-state index in [0.717, 1.165) is 0 Å². The van der Waals surface area contributed by atoms with Crippen LogP contribution in [0.4, 0.5) is 0 Å². The van der Waals surface area contributed by atoms with E-state index in [1.54, 1.807) is 0 Å². The second kappa shape index (κ2) is 8.49. The van der Waals surface area contributed by atoms with Crippen LogP contribution < -0.4 is 16.4 Å². The molecular weight excluding hydrogens is 218 g/mol. The maximum atomic E-state index is 11.3. The Morgan fingerprint density at radius 3 is 2.20 bits per heavy atom. The molecule has 0 aliphatic heterocycles. The quantitative estimate of drug-likeness (QED) is 0.611. The number of hydrogen-bond donors (Lipinski definition) is 3. The Hall–Kier alpha value is -0.810. The standard InChI is InChI=1S/C9H19N3O2.ClH/c1-4-11-7(13)5-12-9(14)8(10)6(2)3;/h6,8H,4-5,10H2,1-3H3,(H,11,13)(H,12,14);1H/t8-;/m0./s1. The highest BCUT2D eigenvalue weighted by molar-refractivity contribution is 5.87. The Bertz CT molecular complexity index is 210. The Morgan fingerprint density at radius 1 is 1.27 bits per heavy atom. The maximum Gasteiger partial charge on any atom is 0.239 e. The van der Waals surface area contributed by atoms with Crippen LogP contribution in [0.1, 0.15) is 20.8 Å². The third-order valence-corrected chi connectivity index (χ3v) is 1.82. The van der Waals surface area contributed by atoms with E-state index in [4.69, 9.17) is 5.73 Å². The van der Waals surface area contributed by atoms with Gasteiger partial charge in [0.05, 0.1) is 12.6 Å². The summed E-state index contributed by atoms with van der Waals surface area (Å²) < 4.78 is 0. The fraction of sp³-hybridized carbons (Fsp3) is 0.778. The van der Waals surface area contributed by atoms with Gasteiger partial charge in [-0.3, -0.25) is 9.59 Å². The topological polar surface area (TPSA) is 84.2 Å². The van der Waals surface area contributed by atoms with Crippen molar-refractivity contribution in [3.05, 3.63) is 0 Å². The molecule has 0 saturated carbocycles. The minimum absolute atomic E-state index is 0. The number of halogens is 1. The van der Waals surface area contributed by atoms with E-state index in [1.165, 1.54) is 0 Å². The second-order valence-corrected chi connectivity index (χ2v) is 3.44. The van der Waals surface area contributed by atoms with Crippen LogP contribution in [0.5, 0.6) is 0 Å². The van der Waals surface area contributed by atoms with Crippen molar-refractivity contribution in [2.75, 3.05) is 13.1 Å². The summed E-state index contributed by atoms with van der Waals surface area (Å²) in [5, 5.41) is 5.05. The first-order valence-electron chi connectivity index (χ1n) is 4.79. The Kier molecular flexibility index (Phi) is 9.41. The molecule has 0 rings (SSSR count). The number of carbonyl (C=O) groups is 2. The van der Waals surface area contributed by atoms with Crippen molar-refractivity contribution in [1.82, 2.24) is 10.6 Å². The molecular formula is C9H20ClN3O2. The third kappa shape index (κ3) is 7.16. The summed E-state index contributed by atoms with van der Waals surface area (Å²) >= 11 is 0. The molecule has 6 heteroatoms. The molecule has 0 radical (unpaired) electrons. The molecule has 0 saturated heterocycles. The van der Waals surface area contributed by atoms with Gasteiger partial charge in [0.15, 0.2) is 0 Å². The average molecular weight is 238 g/mol. The van der Waals surface area contributed by atoms with Crippen molar-refractivity contribution in [2.45, 2.75) is 26.8 Å². The monoisotopic (exact) mass is 237 g/mol. The normalized spacial score (nSPS) is 11.5. The third-order valence-electron chi connectivity index (χ3n) is 1.82. The zero-order valence-electron chi connectivity index (χ0n) is 9.37. The largest absolute Gasteiger partial charge is 0.355 e. The smallest absolute Gasteiger partial charge is 0.239 e. The molecule has 2 amide bonds. The number of rotatable bonds is 5. The lowest BCUT2D eigenvalue weighted by molar-refractivity contribution is -0.127. The van der Waals surface area contributed by atoms with Crippen molar-refractivity contribution >= 4 is 24.2 Å². The Labute approximate surface area is 96.6 Å². The van der Waals surface area contributed by atoms with Gasteiger partial charge in [-0.25, -0.2) is 0 Å². The summed E-state index contributed by atoms with van der Waals surface area (Å²) in [4.78, 5) is 22.3. The van der Waals surface area contributed by atoms with Crippen molar-refractivity contribution in [3.63, 3.8) is 0 Å². The average Bonchev–Trinajstić information content (AvgIpc) is 2.13. The molecule has 0 bridgehead atoms. The predicted octanol–water partition coefficient (Wildman–Crippen LogP) is -0.356. The summed E-state index contributed by atoms with van der Waals surface area (Å²) in [5.74, 6) is -0.410. The van der Waals surface area contributed by atoms with Crippen LogP contribution in [0.25, 0.3) is 0 Å². The molecule has 0 heterocycles. The SMILES string of the molecule is CCNC(=O)CNC(=O)[C@@H](N)C(C)C.Cl. The van der Waals surface area contributed by atoms with Crippen LogP contribution >= 0.6 is 12.4 Å². The van der Waals surface area contributed by atoms with Crippen LogP contribution in [0.15, 0.2) is 0 Å². The first-order valence-corrected chi connectivity index (χ1v) is 4.79. The van der Waals surface area contributed by atoms with Gasteiger partial charge in [-0.2, -0.15) is 0 Å². The van der Waals surface area contributed by atoms with E-state index in [0.29, 0.717) is 6.54 Å². The van der Waals surface area contributed by atoms with Crippen LogP contribution in [0.2, 0.25) is 0 Å². The van der Waals surface area contributed by atoms with Gasteiger partial charge >= 0.3 is 0 Å². The molecule has 90 valence electrons. The zero-order chi connectivity index (χ0) is 11.1. The van der Waals surface area contributed by atoms with E-state index in [9.17, 15) is 9.59 Å². The van der Waals surface area contributed by atoms with Crippen LogP contribution in [-0.4, -0.2) is 30.9 Å². The number of amides is 2. The highest BCUT2D eigenvalue weighted by Crippen LogP contribution is 1.96. The lowest BCUT2D eigenvalue weighted by Crippen LogP contribution is -2.47. The van der Waals surface area contributed by atoms with Gasteiger partial charge in [-0.05, 0) is 12.8 Å². The number of carbonyl (C=O) groups excluding carboxylic acids is 2. The van der Waals surface area contributed by atoms with Gasteiger partial charge in [0.2, 0.25) is 11.8 Å². The summed E-state index contributed by atoms with van der Waals surface area (Å²) in [7, 11) is 0. The highest BCUT2D eigenvalue weighted by Gasteiger charge is 2.17. The van der Waals surface area contributed by atoms with Crippen molar-refractivity contribution < 1.29 is 9.59 Å². The summed E-state index contributed by atoms with van der Waals surface area (Å²) in [6, 6.07) is -0.551. The van der Waals surface area contributed by atoms with E-state index >= 15 is 0 Å². The van der Waals surface area contributed by atoms with Gasteiger partial charge in [0.1, 0.15) is 0 Å². The molecule has 0 unspecified atom stereocenters. The molecule has 0 aromatic heterocycles. The summed E-state index contributed by atoms with van der Waals surface area (Å²) in [6.45, 7) is 6.09. The summed E-state index contributed by atoms with van der Waals surface area (Å²) in [6.07, 6.45) is 0.